The highest BCUT2D eigenvalue weighted by Crippen LogP contribution is 2.37. The summed E-state index contributed by atoms with van der Waals surface area (Å²) >= 11 is 6.43. The minimum atomic E-state index is -0.757. The van der Waals surface area contributed by atoms with Crippen LogP contribution >= 0.6 is 11.6 Å². The number of carboxylic acids is 1. The summed E-state index contributed by atoms with van der Waals surface area (Å²) in [7, 11) is 1.67. The Kier molecular flexibility index (Phi) is 9.50. The molecule has 1 aliphatic rings. The van der Waals surface area contributed by atoms with Gasteiger partial charge in [-0.2, -0.15) is 0 Å². The third-order valence-corrected chi connectivity index (χ3v) is 9.58. The van der Waals surface area contributed by atoms with Gasteiger partial charge in [0, 0.05) is 17.7 Å². The number of nitrogens with zero attached hydrogens (tertiary/aromatic N) is 2. The number of aliphatic hydroxyl groups excluding tert-OH is 1. The number of ether oxygens (including phenoxy) is 1. The molecule has 0 radical (unpaired) electrons. The van der Waals surface area contributed by atoms with Crippen LogP contribution in [0, 0.1) is 20.8 Å². The molecule has 5 aromatic rings. The fourth-order valence-electron chi connectivity index (χ4n) is 6.65. The van der Waals surface area contributed by atoms with Gasteiger partial charge in [-0.05, 0) is 109 Å². The van der Waals surface area contributed by atoms with Crippen LogP contribution in [0.25, 0.3) is 45.8 Å². The van der Waals surface area contributed by atoms with E-state index in [1.54, 1.807) is 19.2 Å². The Hall–Kier alpha value is -4.43. The number of carbonyl (C=O) groups is 1. The predicted molar refractivity (Wildman–Crippen MR) is 188 cm³/mol. The van der Waals surface area contributed by atoms with Crippen LogP contribution in [0.1, 0.15) is 58.2 Å². The van der Waals surface area contributed by atoms with E-state index in [1.165, 1.54) is 0 Å². The lowest BCUT2D eigenvalue weighted by molar-refractivity contribution is -0.144. The average molecular weight is 651 g/mol. The SMILES string of the molecule is COc1cc(/C=C/c2cccc(-c3cccc(-c4nc5cc(CO)cc(Cl)c5o4)c3C)c2C)c(C)cc1CN1CCCC[C@H]1C(=O)O. The van der Waals surface area contributed by atoms with Gasteiger partial charge in [0.2, 0.25) is 5.89 Å². The molecule has 6 rings (SSSR count). The molecule has 7 nitrogen and oxygen atoms in total. The molecule has 1 aliphatic heterocycles. The molecule has 0 amide bonds. The van der Waals surface area contributed by atoms with Crippen LogP contribution in [-0.2, 0) is 17.9 Å². The van der Waals surface area contributed by atoms with E-state index in [-0.39, 0.29) is 6.61 Å². The molecule has 242 valence electrons. The first-order valence-electron chi connectivity index (χ1n) is 15.9. The number of aryl methyl sites for hydroxylation is 1. The number of rotatable bonds is 9. The fourth-order valence-corrected chi connectivity index (χ4v) is 6.93. The molecule has 47 heavy (non-hydrogen) atoms. The summed E-state index contributed by atoms with van der Waals surface area (Å²) < 4.78 is 11.9. The number of aliphatic carboxylic acids is 1. The van der Waals surface area contributed by atoms with Gasteiger partial charge >= 0.3 is 5.97 Å². The molecule has 2 heterocycles. The van der Waals surface area contributed by atoms with Gasteiger partial charge in [-0.3, -0.25) is 9.69 Å². The second kappa shape index (κ2) is 13.7. The molecule has 1 atom stereocenters. The van der Waals surface area contributed by atoms with Crippen LogP contribution in [0.5, 0.6) is 5.75 Å². The number of hydrogen-bond acceptors (Lipinski definition) is 6. The van der Waals surface area contributed by atoms with E-state index in [4.69, 9.17) is 25.7 Å². The van der Waals surface area contributed by atoms with Gasteiger partial charge in [0.05, 0.1) is 18.7 Å². The maximum atomic E-state index is 11.9. The normalized spacial score (nSPS) is 15.5. The number of oxazole rings is 1. The van der Waals surface area contributed by atoms with Gasteiger partial charge in [-0.15, -0.1) is 0 Å². The Morgan fingerprint density at radius 3 is 2.47 bits per heavy atom. The topological polar surface area (TPSA) is 96.0 Å². The molecule has 2 N–H and O–H groups in total. The molecule has 4 aromatic carbocycles. The summed E-state index contributed by atoms with van der Waals surface area (Å²) in [4.78, 5) is 18.6. The summed E-state index contributed by atoms with van der Waals surface area (Å²) in [6, 6.07) is 19.6. The zero-order valence-electron chi connectivity index (χ0n) is 27.1. The van der Waals surface area contributed by atoms with Crippen LogP contribution in [0.15, 0.2) is 65.1 Å². The fraction of sp³-hybridized carbons (Fsp3) is 0.282. The van der Waals surface area contributed by atoms with Crippen LogP contribution in [0.2, 0.25) is 5.02 Å². The van der Waals surface area contributed by atoms with Crippen molar-refractivity contribution in [1.82, 2.24) is 9.88 Å². The molecule has 1 fully saturated rings. The molecule has 1 saturated heterocycles. The van der Waals surface area contributed by atoms with Crippen molar-refractivity contribution < 1.29 is 24.2 Å². The Labute approximate surface area is 280 Å². The van der Waals surface area contributed by atoms with Crippen molar-refractivity contribution in [3.63, 3.8) is 0 Å². The molecule has 8 heteroatoms. The number of piperidine rings is 1. The second-order valence-corrected chi connectivity index (χ2v) is 12.7. The van der Waals surface area contributed by atoms with Crippen molar-refractivity contribution in [2.45, 2.75) is 59.2 Å². The molecule has 0 unspecified atom stereocenters. The van der Waals surface area contributed by atoms with Crippen LogP contribution in [-0.4, -0.2) is 45.8 Å². The Bertz CT molecular complexity index is 2000. The lowest BCUT2D eigenvalue weighted by Gasteiger charge is -2.33. The minimum Gasteiger partial charge on any atom is -0.496 e. The van der Waals surface area contributed by atoms with E-state index in [1.807, 2.05) is 18.2 Å². The van der Waals surface area contributed by atoms with Crippen molar-refractivity contribution >= 4 is 40.8 Å². The van der Waals surface area contributed by atoms with E-state index >= 15 is 0 Å². The predicted octanol–water partition coefficient (Wildman–Crippen LogP) is 8.85. The van der Waals surface area contributed by atoms with E-state index in [0.717, 1.165) is 75.2 Å². The standard InChI is InChI=1S/C39H39ClN2O5/c1-23-17-29(21-42-16-6-5-13-35(42)39(44)45)36(46-4)20-28(23)15-14-27-9-7-10-30(24(27)2)31-11-8-12-32(25(31)3)38-41-34-19-26(22-43)18-33(40)37(34)47-38/h7-12,14-15,17-20,35,43H,5-6,13,16,21-22H2,1-4H3,(H,44,45)/b15-14+/t35-/m0/s1. The number of aromatic nitrogens is 1. The van der Waals surface area contributed by atoms with Crippen LogP contribution in [0.3, 0.4) is 0 Å². The summed E-state index contributed by atoms with van der Waals surface area (Å²) in [6.45, 7) is 7.48. The van der Waals surface area contributed by atoms with Crippen molar-refractivity contribution in [2.24, 2.45) is 0 Å². The van der Waals surface area contributed by atoms with Gasteiger partial charge in [0.15, 0.2) is 5.58 Å². The minimum absolute atomic E-state index is 0.122. The molecular formula is C39H39ClN2O5. The first-order chi connectivity index (χ1) is 22.7. The maximum Gasteiger partial charge on any atom is 0.320 e. The molecular weight excluding hydrogens is 612 g/mol. The Morgan fingerprint density at radius 1 is 1.00 bits per heavy atom. The first kappa shape index (κ1) is 32.5. The zero-order chi connectivity index (χ0) is 33.2. The third kappa shape index (κ3) is 6.57. The molecule has 0 bridgehead atoms. The van der Waals surface area contributed by atoms with Gasteiger partial charge < -0.3 is 19.4 Å². The van der Waals surface area contributed by atoms with Gasteiger partial charge in [-0.25, -0.2) is 4.98 Å². The van der Waals surface area contributed by atoms with Crippen molar-refractivity contribution in [3.05, 3.63) is 105 Å². The highest BCUT2D eigenvalue weighted by Gasteiger charge is 2.29. The largest absolute Gasteiger partial charge is 0.496 e. The summed E-state index contributed by atoms with van der Waals surface area (Å²) in [5.41, 5.74) is 11.3. The van der Waals surface area contributed by atoms with Crippen LogP contribution in [0.4, 0.5) is 0 Å². The smallest absolute Gasteiger partial charge is 0.320 e. The summed E-state index contributed by atoms with van der Waals surface area (Å²) in [6.07, 6.45) is 6.87. The van der Waals surface area contributed by atoms with E-state index in [0.29, 0.717) is 40.5 Å². The lowest BCUT2D eigenvalue weighted by Crippen LogP contribution is -2.44. The second-order valence-electron chi connectivity index (χ2n) is 12.3. The Balaban J connectivity index is 1.29. The quantitative estimate of drug-likeness (QED) is 0.154. The molecule has 0 aliphatic carbocycles. The highest BCUT2D eigenvalue weighted by molar-refractivity contribution is 6.34. The highest BCUT2D eigenvalue weighted by atomic mass is 35.5. The van der Waals surface area contributed by atoms with Crippen molar-refractivity contribution in [3.8, 4) is 28.3 Å². The van der Waals surface area contributed by atoms with E-state index < -0.39 is 12.0 Å². The number of aliphatic hydroxyl groups is 1. The number of carboxylic acid groups (broad SMARTS) is 1. The monoisotopic (exact) mass is 650 g/mol. The number of halogens is 1. The lowest BCUT2D eigenvalue weighted by atomic mass is 9.91. The molecule has 0 saturated carbocycles. The number of fused-ring (bicyclic) bond motifs is 1. The van der Waals surface area contributed by atoms with E-state index in [9.17, 15) is 15.0 Å². The van der Waals surface area contributed by atoms with Gasteiger partial charge in [-0.1, -0.05) is 66.6 Å². The molecule has 1 aromatic heterocycles. The third-order valence-electron chi connectivity index (χ3n) is 9.30. The summed E-state index contributed by atoms with van der Waals surface area (Å²) in [5, 5.41) is 19.7. The molecule has 0 spiro atoms. The van der Waals surface area contributed by atoms with Gasteiger partial charge in [0.1, 0.15) is 17.3 Å². The number of methoxy groups -OCH3 is 1. The van der Waals surface area contributed by atoms with Crippen LogP contribution < -0.4 is 4.74 Å². The zero-order valence-corrected chi connectivity index (χ0v) is 27.9. The number of likely N-dealkylation sites (tertiary alicyclic amines) is 1. The Morgan fingerprint density at radius 2 is 1.72 bits per heavy atom. The maximum absolute atomic E-state index is 11.9. The number of hydrogen-bond donors (Lipinski definition) is 2. The summed E-state index contributed by atoms with van der Waals surface area (Å²) in [5.74, 6) is 0.487. The number of benzene rings is 4. The van der Waals surface area contributed by atoms with Gasteiger partial charge in [0.25, 0.3) is 0 Å². The average Bonchev–Trinajstić information content (AvgIpc) is 3.50. The van der Waals surface area contributed by atoms with E-state index in [2.05, 4.69) is 68.2 Å². The van der Waals surface area contributed by atoms with Crippen molar-refractivity contribution in [1.29, 1.82) is 0 Å². The van der Waals surface area contributed by atoms with Crippen molar-refractivity contribution in [2.75, 3.05) is 13.7 Å². The first-order valence-corrected chi connectivity index (χ1v) is 16.3.